The van der Waals surface area contributed by atoms with Gasteiger partial charge in [-0.1, -0.05) is 99.1 Å². The first-order valence-corrected chi connectivity index (χ1v) is 14.1. The summed E-state index contributed by atoms with van der Waals surface area (Å²) in [4.78, 5) is 15.3. The van der Waals surface area contributed by atoms with E-state index in [2.05, 4.69) is 86.3 Å². The van der Waals surface area contributed by atoms with Gasteiger partial charge in [-0.25, -0.2) is 0 Å². The van der Waals surface area contributed by atoms with Crippen LogP contribution in [0.5, 0.6) is 0 Å². The number of piperidine rings is 1. The lowest BCUT2D eigenvalue weighted by Gasteiger charge is -2.30. The molecule has 1 aliphatic carbocycles. The zero-order chi connectivity index (χ0) is 25.8. The number of aryl methyl sites for hydroxylation is 2. The van der Waals surface area contributed by atoms with Crippen molar-refractivity contribution in [2.45, 2.75) is 71.1 Å². The van der Waals surface area contributed by atoms with Crippen LogP contribution in [0.3, 0.4) is 0 Å². The van der Waals surface area contributed by atoms with Crippen LogP contribution in [0.15, 0.2) is 78.4 Å². The molecule has 0 saturated carbocycles. The van der Waals surface area contributed by atoms with Crippen LogP contribution in [0.2, 0.25) is 0 Å². The third kappa shape index (κ3) is 5.96. The highest BCUT2D eigenvalue weighted by atomic mass is 16.1. The molecular formula is C35H41NO. The monoisotopic (exact) mass is 491 g/mol. The standard InChI is InChI=1S/C35H41NO/c1-35(2,3)30-19-17-28(18-20-30)33(37)14-8-9-23-36-24-21-29(22-25-36)34-31-12-6-4-10-26(31)15-16-27-11-5-7-13-32(27)34/h4-7,10-13,17-20H,8-9,14-16,21-25H2,1-3H3. The fourth-order valence-corrected chi connectivity index (χ4v) is 5.98. The molecule has 0 aromatic heterocycles. The van der Waals surface area contributed by atoms with E-state index in [-0.39, 0.29) is 11.2 Å². The van der Waals surface area contributed by atoms with Gasteiger partial charge >= 0.3 is 0 Å². The number of fused-ring (bicyclic) bond motifs is 2. The number of hydrogen-bond donors (Lipinski definition) is 0. The van der Waals surface area contributed by atoms with Crippen LogP contribution >= 0.6 is 0 Å². The van der Waals surface area contributed by atoms with Crippen LogP contribution in [0.25, 0.3) is 5.57 Å². The maximum Gasteiger partial charge on any atom is 0.162 e. The summed E-state index contributed by atoms with van der Waals surface area (Å²) in [5, 5.41) is 0. The van der Waals surface area contributed by atoms with E-state index in [1.54, 1.807) is 5.57 Å². The number of ketones is 1. The SMILES string of the molecule is CC(C)(C)c1ccc(C(=O)CCCCN2CCC(=C3c4ccccc4CCc4ccccc43)CC2)cc1. The molecule has 5 rings (SSSR count). The number of likely N-dealkylation sites (tertiary alicyclic amines) is 1. The Labute approximate surface area is 223 Å². The topological polar surface area (TPSA) is 20.3 Å². The van der Waals surface area contributed by atoms with Gasteiger partial charge in [-0.3, -0.25) is 4.79 Å². The molecule has 2 aliphatic rings. The van der Waals surface area contributed by atoms with E-state index in [1.165, 1.54) is 33.4 Å². The number of rotatable bonds is 6. The lowest BCUT2D eigenvalue weighted by atomic mass is 9.86. The minimum Gasteiger partial charge on any atom is -0.303 e. The highest BCUT2D eigenvalue weighted by Gasteiger charge is 2.23. The Hall–Kier alpha value is -2.97. The van der Waals surface area contributed by atoms with Gasteiger partial charge in [0.15, 0.2) is 5.78 Å². The van der Waals surface area contributed by atoms with Crippen molar-refractivity contribution in [1.82, 2.24) is 4.90 Å². The number of unbranched alkanes of at least 4 members (excludes halogenated alkanes) is 1. The smallest absolute Gasteiger partial charge is 0.162 e. The van der Waals surface area contributed by atoms with Gasteiger partial charge in [0.25, 0.3) is 0 Å². The van der Waals surface area contributed by atoms with Gasteiger partial charge in [0.1, 0.15) is 0 Å². The number of Topliss-reactive ketones (excluding diaryl/α,β-unsaturated/α-hetero) is 1. The zero-order valence-electron chi connectivity index (χ0n) is 22.9. The molecule has 37 heavy (non-hydrogen) atoms. The largest absolute Gasteiger partial charge is 0.303 e. The van der Waals surface area contributed by atoms with E-state index in [9.17, 15) is 4.79 Å². The summed E-state index contributed by atoms with van der Waals surface area (Å²) in [6.07, 6.45) is 7.21. The molecule has 2 heteroatoms. The van der Waals surface area contributed by atoms with Crippen molar-refractivity contribution in [2.75, 3.05) is 19.6 Å². The summed E-state index contributed by atoms with van der Waals surface area (Å²) in [5.74, 6) is 0.275. The number of carbonyl (C=O) groups is 1. The van der Waals surface area contributed by atoms with Crippen molar-refractivity contribution in [1.29, 1.82) is 0 Å². The van der Waals surface area contributed by atoms with Crippen molar-refractivity contribution in [2.24, 2.45) is 0 Å². The van der Waals surface area contributed by atoms with E-state index in [0.717, 1.165) is 63.7 Å². The second-order valence-corrected chi connectivity index (χ2v) is 11.8. The van der Waals surface area contributed by atoms with Crippen LogP contribution in [0, 0.1) is 0 Å². The van der Waals surface area contributed by atoms with E-state index < -0.39 is 0 Å². The maximum absolute atomic E-state index is 12.7. The van der Waals surface area contributed by atoms with Crippen LogP contribution in [0.4, 0.5) is 0 Å². The summed E-state index contributed by atoms with van der Waals surface area (Å²) >= 11 is 0. The summed E-state index contributed by atoms with van der Waals surface area (Å²) in [6.45, 7) is 9.94. The third-order valence-electron chi connectivity index (χ3n) is 8.25. The number of carbonyl (C=O) groups excluding carboxylic acids is 1. The molecule has 1 aliphatic heterocycles. The minimum atomic E-state index is 0.120. The van der Waals surface area contributed by atoms with Gasteiger partial charge in [-0.2, -0.15) is 0 Å². The van der Waals surface area contributed by atoms with Gasteiger partial charge in [0.05, 0.1) is 0 Å². The Morgan fingerprint density at radius 1 is 0.730 bits per heavy atom. The highest BCUT2D eigenvalue weighted by molar-refractivity contribution is 5.96. The summed E-state index contributed by atoms with van der Waals surface area (Å²) < 4.78 is 0. The first-order chi connectivity index (χ1) is 17.9. The molecule has 1 saturated heterocycles. The van der Waals surface area contributed by atoms with Gasteiger partial charge in [-0.05, 0) is 83.9 Å². The molecule has 2 nitrogen and oxygen atoms in total. The quantitative estimate of drug-likeness (QED) is 0.257. The normalized spacial score (nSPS) is 16.2. The average Bonchev–Trinajstić information content (AvgIpc) is 3.08. The molecule has 0 radical (unpaired) electrons. The Morgan fingerprint density at radius 2 is 1.30 bits per heavy atom. The predicted molar refractivity (Wildman–Crippen MR) is 155 cm³/mol. The Balaban J connectivity index is 1.17. The van der Waals surface area contributed by atoms with Crippen LogP contribution in [0.1, 0.15) is 91.1 Å². The Bertz CT molecular complexity index is 1220. The van der Waals surface area contributed by atoms with Crippen molar-refractivity contribution in [3.05, 3.63) is 112 Å². The lowest BCUT2D eigenvalue weighted by Crippen LogP contribution is -2.32. The fraction of sp³-hybridized carbons (Fsp3) is 0.400. The molecule has 0 amide bonds. The average molecular weight is 492 g/mol. The van der Waals surface area contributed by atoms with E-state index in [1.807, 2.05) is 12.1 Å². The van der Waals surface area contributed by atoms with Gasteiger partial charge in [-0.15, -0.1) is 0 Å². The Morgan fingerprint density at radius 3 is 1.86 bits per heavy atom. The highest BCUT2D eigenvalue weighted by Crippen LogP contribution is 2.38. The van der Waals surface area contributed by atoms with E-state index >= 15 is 0 Å². The summed E-state index contributed by atoms with van der Waals surface area (Å²) in [6, 6.07) is 26.3. The molecule has 0 N–H and O–H groups in total. The summed E-state index contributed by atoms with van der Waals surface area (Å²) in [7, 11) is 0. The van der Waals surface area contributed by atoms with Crippen LogP contribution in [-0.4, -0.2) is 30.3 Å². The molecule has 3 aromatic rings. The molecule has 1 heterocycles. The fourth-order valence-electron chi connectivity index (χ4n) is 5.98. The summed E-state index contributed by atoms with van der Waals surface area (Å²) in [5.41, 5.74) is 11.2. The number of nitrogens with zero attached hydrogens (tertiary/aromatic N) is 1. The van der Waals surface area contributed by atoms with Gasteiger partial charge in [0, 0.05) is 25.1 Å². The van der Waals surface area contributed by atoms with Crippen molar-refractivity contribution >= 4 is 11.4 Å². The Kier molecular flexibility index (Phi) is 7.76. The molecule has 192 valence electrons. The van der Waals surface area contributed by atoms with Gasteiger partial charge in [0.2, 0.25) is 0 Å². The maximum atomic E-state index is 12.7. The number of benzene rings is 3. The molecule has 0 unspecified atom stereocenters. The third-order valence-corrected chi connectivity index (χ3v) is 8.25. The second-order valence-electron chi connectivity index (χ2n) is 11.8. The predicted octanol–water partition coefficient (Wildman–Crippen LogP) is 8.03. The molecule has 0 bridgehead atoms. The minimum absolute atomic E-state index is 0.120. The molecule has 1 fully saturated rings. The van der Waals surface area contributed by atoms with E-state index in [0.29, 0.717) is 6.42 Å². The van der Waals surface area contributed by atoms with Crippen LogP contribution < -0.4 is 0 Å². The molecule has 0 spiro atoms. The van der Waals surface area contributed by atoms with Crippen LogP contribution in [-0.2, 0) is 18.3 Å². The molecule has 0 atom stereocenters. The van der Waals surface area contributed by atoms with Gasteiger partial charge < -0.3 is 4.90 Å². The molecular weight excluding hydrogens is 450 g/mol. The number of hydrogen-bond acceptors (Lipinski definition) is 2. The lowest BCUT2D eigenvalue weighted by molar-refractivity contribution is 0.0977. The first kappa shape index (κ1) is 25.7. The van der Waals surface area contributed by atoms with Crippen molar-refractivity contribution in [3.8, 4) is 0 Å². The zero-order valence-corrected chi connectivity index (χ0v) is 22.9. The van der Waals surface area contributed by atoms with Crippen molar-refractivity contribution < 1.29 is 4.79 Å². The first-order valence-electron chi connectivity index (χ1n) is 14.1. The molecule has 3 aromatic carbocycles. The van der Waals surface area contributed by atoms with Crippen molar-refractivity contribution in [3.63, 3.8) is 0 Å². The van der Waals surface area contributed by atoms with E-state index in [4.69, 9.17) is 0 Å². The second kappa shape index (κ2) is 11.2.